The maximum Gasteiger partial charge on any atom is 0.401 e. The first-order valence-corrected chi connectivity index (χ1v) is 6.11. The Morgan fingerprint density at radius 2 is 1.89 bits per heavy atom. The number of hydrogen-bond donors (Lipinski definition) is 1. The third-order valence-corrected chi connectivity index (χ3v) is 3.15. The third kappa shape index (κ3) is 3.73. The molecule has 1 saturated heterocycles. The van der Waals surface area contributed by atoms with Crippen molar-refractivity contribution in [3.05, 3.63) is 17.8 Å². The summed E-state index contributed by atoms with van der Waals surface area (Å²) in [4.78, 5) is 7.68. The van der Waals surface area contributed by atoms with Crippen molar-refractivity contribution >= 4 is 11.5 Å². The number of aromatic nitrogens is 1. The van der Waals surface area contributed by atoms with Crippen LogP contribution in [-0.4, -0.2) is 48.8 Å². The number of pyridine rings is 1. The number of piperazine rings is 1. The van der Waals surface area contributed by atoms with Crippen LogP contribution < -0.4 is 10.6 Å². The van der Waals surface area contributed by atoms with E-state index in [1.54, 1.807) is 6.20 Å². The molecule has 2 heterocycles. The molecule has 1 fully saturated rings. The van der Waals surface area contributed by atoms with E-state index in [-0.39, 0.29) is 0 Å². The number of anilines is 2. The first-order chi connectivity index (χ1) is 8.85. The summed E-state index contributed by atoms with van der Waals surface area (Å²) in [5.74, 6) is 0.806. The number of alkyl halides is 3. The number of rotatable bonds is 2. The molecule has 0 bridgehead atoms. The van der Waals surface area contributed by atoms with Gasteiger partial charge in [0.2, 0.25) is 0 Å². The first-order valence-electron chi connectivity index (χ1n) is 6.11. The predicted molar refractivity (Wildman–Crippen MR) is 68.1 cm³/mol. The summed E-state index contributed by atoms with van der Waals surface area (Å²) in [6.45, 7) is 2.95. The molecule has 0 atom stereocenters. The Kier molecular flexibility index (Phi) is 3.84. The summed E-state index contributed by atoms with van der Waals surface area (Å²) in [7, 11) is 0. The molecule has 106 valence electrons. The largest absolute Gasteiger partial charge is 0.401 e. The lowest BCUT2D eigenvalue weighted by Crippen LogP contribution is -2.49. The second-order valence-corrected chi connectivity index (χ2v) is 4.79. The Hall–Kier alpha value is -1.50. The summed E-state index contributed by atoms with van der Waals surface area (Å²) in [5.41, 5.74) is 7.18. The van der Waals surface area contributed by atoms with Gasteiger partial charge in [0.05, 0.1) is 18.4 Å². The molecule has 1 aliphatic rings. The predicted octanol–water partition coefficient (Wildman–Crippen LogP) is 1.66. The van der Waals surface area contributed by atoms with Gasteiger partial charge in [-0.2, -0.15) is 13.2 Å². The van der Waals surface area contributed by atoms with Crippen molar-refractivity contribution in [1.82, 2.24) is 9.88 Å². The maximum absolute atomic E-state index is 12.3. The van der Waals surface area contributed by atoms with Gasteiger partial charge in [0.25, 0.3) is 0 Å². The lowest BCUT2D eigenvalue weighted by molar-refractivity contribution is -0.146. The van der Waals surface area contributed by atoms with E-state index in [2.05, 4.69) is 4.98 Å². The Balaban J connectivity index is 1.96. The quantitative estimate of drug-likeness (QED) is 0.891. The topological polar surface area (TPSA) is 45.4 Å². The molecule has 0 aliphatic carbocycles. The average Bonchev–Trinajstić information content (AvgIpc) is 2.28. The van der Waals surface area contributed by atoms with E-state index in [0.29, 0.717) is 31.9 Å². The molecule has 0 amide bonds. The summed E-state index contributed by atoms with van der Waals surface area (Å²) < 4.78 is 36.9. The van der Waals surface area contributed by atoms with Crippen molar-refractivity contribution in [2.45, 2.75) is 13.1 Å². The molecule has 2 rings (SSSR count). The van der Waals surface area contributed by atoms with Crippen LogP contribution in [-0.2, 0) is 0 Å². The molecule has 0 saturated carbocycles. The number of nitrogens with two attached hydrogens (primary N) is 1. The van der Waals surface area contributed by atoms with Crippen LogP contribution in [0.2, 0.25) is 0 Å². The SMILES string of the molecule is Cc1cc(N)cnc1N1CCN(CC(F)(F)F)CC1. The lowest BCUT2D eigenvalue weighted by atomic mass is 10.2. The number of nitrogen functional groups attached to an aromatic ring is 1. The highest BCUT2D eigenvalue weighted by molar-refractivity contribution is 5.52. The zero-order valence-corrected chi connectivity index (χ0v) is 10.7. The Morgan fingerprint density at radius 1 is 1.26 bits per heavy atom. The van der Waals surface area contributed by atoms with Gasteiger partial charge in [-0.15, -0.1) is 0 Å². The standard InChI is InChI=1S/C12H17F3N4/c1-9-6-10(16)7-17-11(9)19-4-2-18(3-5-19)8-12(13,14)15/h6-7H,2-5,8,16H2,1H3. The summed E-state index contributed by atoms with van der Waals surface area (Å²) in [6.07, 6.45) is -2.55. The Morgan fingerprint density at radius 3 is 2.42 bits per heavy atom. The molecule has 0 aromatic carbocycles. The number of aryl methyl sites for hydroxylation is 1. The van der Waals surface area contributed by atoms with Crippen LogP contribution in [0.15, 0.2) is 12.3 Å². The van der Waals surface area contributed by atoms with Crippen molar-refractivity contribution in [1.29, 1.82) is 0 Å². The molecule has 7 heteroatoms. The fraction of sp³-hybridized carbons (Fsp3) is 0.583. The van der Waals surface area contributed by atoms with E-state index in [1.807, 2.05) is 17.9 Å². The summed E-state index contributed by atoms with van der Waals surface area (Å²) in [5, 5.41) is 0. The molecule has 1 aromatic rings. The molecule has 0 spiro atoms. The Bertz CT molecular complexity index is 439. The van der Waals surface area contributed by atoms with Crippen LogP contribution in [0.25, 0.3) is 0 Å². The highest BCUT2D eigenvalue weighted by Crippen LogP contribution is 2.22. The van der Waals surface area contributed by atoms with Crippen LogP contribution in [0.3, 0.4) is 0 Å². The van der Waals surface area contributed by atoms with Gasteiger partial charge in [-0.05, 0) is 18.6 Å². The van der Waals surface area contributed by atoms with E-state index in [4.69, 9.17) is 5.73 Å². The zero-order valence-electron chi connectivity index (χ0n) is 10.7. The zero-order chi connectivity index (χ0) is 14.0. The third-order valence-electron chi connectivity index (χ3n) is 3.15. The minimum absolute atomic E-state index is 0.394. The van der Waals surface area contributed by atoms with Gasteiger partial charge in [-0.3, -0.25) is 4.90 Å². The van der Waals surface area contributed by atoms with Crippen LogP contribution in [0.1, 0.15) is 5.56 Å². The van der Waals surface area contributed by atoms with Crippen LogP contribution in [0, 0.1) is 6.92 Å². The van der Waals surface area contributed by atoms with Gasteiger partial charge >= 0.3 is 6.18 Å². The highest BCUT2D eigenvalue weighted by Gasteiger charge is 2.32. The van der Waals surface area contributed by atoms with Gasteiger partial charge in [0.15, 0.2) is 0 Å². The Labute approximate surface area is 110 Å². The van der Waals surface area contributed by atoms with E-state index in [9.17, 15) is 13.2 Å². The first kappa shape index (κ1) is 13.9. The number of nitrogens with zero attached hydrogens (tertiary/aromatic N) is 3. The molecule has 19 heavy (non-hydrogen) atoms. The second kappa shape index (κ2) is 5.24. The molecule has 1 aromatic heterocycles. The number of halogens is 3. The van der Waals surface area contributed by atoms with Crippen LogP contribution >= 0.6 is 0 Å². The van der Waals surface area contributed by atoms with Gasteiger partial charge in [0, 0.05) is 26.2 Å². The van der Waals surface area contributed by atoms with E-state index >= 15 is 0 Å². The maximum atomic E-state index is 12.3. The fourth-order valence-corrected chi connectivity index (χ4v) is 2.29. The minimum atomic E-state index is -4.13. The molecule has 0 radical (unpaired) electrons. The summed E-state index contributed by atoms with van der Waals surface area (Å²) in [6, 6.07) is 1.82. The van der Waals surface area contributed by atoms with Crippen LogP contribution in [0.4, 0.5) is 24.7 Å². The number of hydrogen-bond acceptors (Lipinski definition) is 4. The van der Waals surface area contributed by atoms with E-state index in [0.717, 1.165) is 11.4 Å². The lowest BCUT2D eigenvalue weighted by Gasteiger charge is -2.36. The monoisotopic (exact) mass is 274 g/mol. The second-order valence-electron chi connectivity index (χ2n) is 4.79. The molecular weight excluding hydrogens is 257 g/mol. The van der Waals surface area contributed by atoms with Crippen molar-refractivity contribution < 1.29 is 13.2 Å². The highest BCUT2D eigenvalue weighted by atomic mass is 19.4. The molecule has 2 N–H and O–H groups in total. The van der Waals surface area contributed by atoms with Gasteiger partial charge in [-0.25, -0.2) is 4.98 Å². The van der Waals surface area contributed by atoms with Crippen molar-refractivity contribution in [2.75, 3.05) is 43.4 Å². The minimum Gasteiger partial charge on any atom is -0.397 e. The molecule has 4 nitrogen and oxygen atoms in total. The normalized spacial score (nSPS) is 17.8. The van der Waals surface area contributed by atoms with Crippen LogP contribution in [0.5, 0.6) is 0 Å². The molecule has 0 unspecified atom stereocenters. The smallest absolute Gasteiger partial charge is 0.397 e. The van der Waals surface area contributed by atoms with Crippen molar-refractivity contribution in [3.8, 4) is 0 Å². The summed E-state index contributed by atoms with van der Waals surface area (Å²) >= 11 is 0. The average molecular weight is 274 g/mol. The van der Waals surface area contributed by atoms with Crippen molar-refractivity contribution in [2.24, 2.45) is 0 Å². The molecular formula is C12H17F3N4. The molecule has 1 aliphatic heterocycles. The van der Waals surface area contributed by atoms with E-state index in [1.165, 1.54) is 4.90 Å². The fourth-order valence-electron chi connectivity index (χ4n) is 2.29. The van der Waals surface area contributed by atoms with Crippen molar-refractivity contribution in [3.63, 3.8) is 0 Å². The van der Waals surface area contributed by atoms with Gasteiger partial charge in [-0.1, -0.05) is 0 Å². The van der Waals surface area contributed by atoms with Gasteiger partial charge < -0.3 is 10.6 Å². The van der Waals surface area contributed by atoms with Gasteiger partial charge in [0.1, 0.15) is 5.82 Å². The van der Waals surface area contributed by atoms with E-state index < -0.39 is 12.7 Å².